The van der Waals surface area contributed by atoms with Gasteiger partial charge in [-0.15, -0.1) is 0 Å². The first kappa shape index (κ1) is 18.6. The van der Waals surface area contributed by atoms with Gasteiger partial charge < -0.3 is 4.52 Å². The maximum absolute atomic E-state index is 12.4. The van der Waals surface area contributed by atoms with E-state index < -0.39 is 10.0 Å². The number of hydrogen-bond acceptors (Lipinski definition) is 5. The molecule has 2 aromatic carbocycles. The van der Waals surface area contributed by atoms with Crippen molar-refractivity contribution in [2.75, 3.05) is 6.54 Å². The van der Waals surface area contributed by atoms with Crippen molar-refractivity contribution in [1.29, 1.82) is 0 Å². The normalized spacial score (nSPS) is 11.7. The number of halogens is 1. The average molecular weight is 392 g/mol. The van der Waals surface area contributed by atoms with E-state index in [1.165, 1.54) is 0 Å². The summed E-state index contributed by atoms with van der Waals surface area (Å²) >= 11 is 6.11. The van der Waals surface area contributed by atoms with Crippen molar-refractivity contribution in [3.8, 4) is 11.4 Å². The summed E-state index contributed by atoms with van der Waals surface area (Å²) in [5.74, 6) is 0.713. The number of aryl methyl sites for hydroxylation is 2. The first-order valence-corrected chi connectivity index (χ1v) is 9.87. The molecule has 0 aliphatic heterocycles. The molecule has 0 radical (unpaired) electrons. The lowest BCUT2D eigenvalue weighted by atomic mass is 10.1. The maximum Gasteiger partial charge on any atom is 0.240 e. The molecule has 0 unspecified atom stereocenters. The Bertz CT molecular complexity index is 1030. The summed E-state index contributed by atoms with van der Waals surface area (Å²) in [5.41, 5.74) is 2.64. The fourth-order valence-electron chi connectivity index (χ4n) is 2.37. The lowest BCUT2D eigenvalue weighted by molar-refractivity contribution is 0.379. The van der Waals surface area contributed by atoms with Crippen LogP contribution in [-0.4, -0.2) is 25.1 Å². The Kier molecular flexibility index (Phi) is 5.41. The Morgan fingerprint density at radius 1 is 1.12 bits per heavy atom. The molecule has 3 rings (SSSR count). The van der Waals surface area contributed by atoms with E-state index in [0.29, 0.717) is 22.3 Å². The second-order valence-electron chi connectivity index (χ2n) is 5.89. The van der Waals surface area contributed by atoms with Gasteiger partial charge in [0, 0.05) is 18.5 Å². The zero-order valence-corrected chi connectivity index (χ0v) is 15.9. The second kappa shape index (κ2) is 7.57. The number of nitrogens with one attached hydrogen (secondary N) is 1. The monoisotopic (exact) mass is 391 g/mol. The van der Waals surface area contributed by atoms with Crippen LogP contribution in [0.3, 0.4) is 0 Å². The van der Waals surface area contributed by atoms with Crippen LogP contribution in [0.15, 0.2) is 51.9 Å². The van der Waals surface area contributed by atoms with Gasteiger partial charge >= 0.3 is 0 Å². The van der Waals surface area contributed by atoms with E-state index in [4.69, 9.17) is 16.1 Å². The third-order valence-corrected chi connectivity index (χ3v) is 5.79. The summed E-state index contributed by atoms with van der Waals surface area (Å²) in [6, 6.07) is 12.2. The Hall–Kier alpha value is -2.22. The molecule has 0 saturated carbocycles. The highest BCUT2D eigenvalue weighted by Gasteiger charge is 2.16. The highest BCUT2D eigenvalue weighted by molar-refractivity contribution is 7.89. The molecule has 0 saturated heterocycles. The van der Waals surface area contributed by atoms with Crippen LogP contribution in [0, 0.1) is 13.8 Å². The van der Waals surface area contributed by atoms with Crippen LogP contribution in [0.5, 0.6) is 0 Å². The van der Waals surface area contributed by atoms with Crippen molar-refractivity contribution in [2.45, 2.75) is 25.2 Å². The molecule has 0 atom stereocenters. The predicted octanol–water partition coefficient (Wildman–Crippen LogP) is 3.53. The number of rotatable bonds is 6. The minimum Gasteiger partial charge on any atom is -0.339 e. The molecule has 0 amide bonds. The Morgan fingerprint density at radius 2 is 1.88 bits per heavy atom. The summed E-state index contributed by atoms with van der Waals surface area (Å²) in [7, 11) is -3.58. The van der Waals surface area contributed by atoms with Crippen LogP contribution in [0.2, 0.25) is 5.02 Å². The molecule has 1 aromatic heterocycles. The van der Waals surface area contributed by atoms with Gasteiger partial charge in [-0.25, -0.2) is 13.1 Å². The zero-order chi connectivity index (χ0) is 18.7. The first-order valence-electron chi connectivity index (χ1n) is 8.01. The molecule has 0 aliphatic rings. The van der Waals surface area contributed by atoms with E-state index in [0.717, 1.165) is 11.1 Å². The summed E-state index contributed by atoms with van der Waals surface area (Å²) < 4.78 is 32.4. The van der Waals surface area contributed by atoms with Crippen LogP contribution in [0.1, 0.15) is 17.0 Å². The fourth-order valence-corrected chi connectivity index (χ4v) is 3.70. The van der Waals surface area contributed by atoms with E-state index >= 15 is 0 Å². The topological polar surface area (TPSA) is 85.1 Å². The Labute approximate surface area is 157 Å². The van der Waals surface area contributed by atoms with Crippen LogP contribution in [0.4, 0.5) is 0 Å². The van der Waals surface area contributed by atoms with Crippen molar-refractivity contribution in [2.24, 2.45) is 0 Å². The molecular weight excluding hydrogens is 374 g/mol. The van der Waals surface area contributed by atoms with Gasteiger partial charge in [0.2, 0.25) is 21.7 Å². The minimum absolute atomic E-state index is 0.152. The van der Waals surface area contributed by atoms with Gasteiger partial charge in [-0.2, -0.15) is 4.98 Å². The van der Waals surface area contributed by atoms with Crippen molar-refractivity contribution in [1.82, 2.24) is 14.9 Å². The highest BCUT2D eigenvalue weighted by atomic mass is 35.5. The first-order chi connectivity index (χ1) is 12.4. The minimum atomic E-state index is -3.58. The fraction of sp³-hybridized carbons (Fsp3) is 0.222. The molecule has 8 heteroatoms. The SMILES string of the molecule is Cc1ccc(S(=O)(=O)NCCc2nc(-c3ccccc3Cl)no2)cc1C. The third-order valence-electron chi connectivity index (χ3n) is 4.00. The van der Waals surface area contributed by atoms with Gasteiger partial charge in [0.15, 0.2) is 0 Å². The molecule has 6 nitrogen and oxygen atoms in total. The van der Waals surface area contributed by atoms with Crippen molar-refractivity contribution < 1.29 is 12.9 Å². The molecule has 0 spiro atoms. The molecular formula is C18H18ClN3O3S. The van der Waals surface area contributed by atoms with E-state index in [1.54, 1.807) is 30.3 Å². The zero-order valence-electron chi connectivity index (χ0n) is 14.4. The molecule has 1 N–H and O–H groups in total. The molecule has 136 valence electrons. The summed E-state index contributed by atoms with van der Waals surface area (Å²) in [6.45, 7) is 3.97. The van der Waals surface area contributed by atoms with E-state index in [1.807, 2.05) is 26.0 Å². The third kappa shape index (κ3) is 4.12. The summed E-state index contributed by atoms with van der Waals surface area (Å²) in [5, 5.41) is 4.42. The second-order valence-corrected chi connectivity index (χ2v) is 8.06. The number of nitrogens with zero attached hydrogens (tertiary/aromatic N) is 2. The lowest BCUT2D eigenvalue weighted by Crippen LogP contribution is -2.26. The molecule has 3 aromatic rings. The molecule has 26 heavy (non-hydrogen) atoms. The van der Waals surface area contributed by atoms with Gasteiger partial charge in [-0.1, -0.05) is 35.0 Å². The van der Waals surface area contributed by atoms with Crippen molar-refractivity contribution in [3.63, 3.8) is 0 Å². The standard InChI is InChI=1S/C18H18ClN3O3S/c1-12-7-8-14(11-13(12)2)26(23,24)20-10-9-17-21-18(22-25-17)15-5-3-4-6-16(15)19/h3-8,11,20H,9-10H2,1-2H3. The van der Waals surface area contributed by atoms with Crippen molar-refractivity contribution in [3.05, 3.63) is 64.5 Å². The highest BCUT2D eigenvalue weighted by Crippen LogP contribution is 2.24. The van der Waals surface area contributed by atoms with Crippen LogP contribution in [-0.2, 0) is 16.4 Å². The van der Waals surface area contributed by atoms with Gasteiger partial charge in [-0.05, 0) is 49.2 Å². The number of sulfonamides is 1. The lowest BCUT2D eigenvalue weighted by Gasteiger charge is -2.07. The van der Waals surface area contributed by atoms with Crippen molar-refractivity contribution >= 4 is 21.6 Å². The van der Waals surface area contributed by atoms with E-state index in [2.05, 4.69) is 14.9 Å². The number of hydrogen-bond donors (Lipinski definition) is 1. The van der Waals surface area contributed by atoms with E-state index in [9.17, 15) is 8.42 Å². The van der Waals surface area contributed by atoms with E-state index in [-0.39, 0.29) is 17.9 Å². The predicted molar refractivity (Wildman–Crippen MR) is 99.6 cm³/mol. The van der Waals surface area contributed by atoms with Gasteiger partial charge in [-0.3, -0.25) is 0 Å². The molecule has 0 aliphatic carbocycles. The largest absolute Gasteiger partial charge is 0.339 e. The number of aromatic nitrogens is 2. The van der Waals surface area contributed by atoms with Gasteiger partial charge in [0.1, 0.15) is 0 Å². The number of benzene rings is 2. The molecule has 0 bridgehead atoms. The average Bonchev–Trinajstić information content (AvgIpc) is 3.06. The quantitative estimate of drug-likeness (QED) is 0.694. The van der Waals surface area contributed by atoms with Gasteiger partial charge in [0.25, 0.3) is 0 Å². The van der Waals surface area contributed by atoms with Crippen LogP contribution in [0.25, 0.3) is 11.4 Å². The van der Waals surface area contributed by atoms with Crippen LogP contribution >= 0.6 is 11.6 Å². The van der Waals surface area contributed by atoms with Gasteiger partial charge in [0.05, 0.1) is 9.92 Å². The Morgan fingerprint density at radius 3 is 2.62 bits per heavy atom. The summed E-state index contributed by atoms with van der Waals surface area (Å²) in [6.07, 6.45) is 0.279. The smallest absolute Gasteiger partial charge is 0.240 e. The van der Waals surface area contributed by atoms with Crippen LogP contribution < -0.4 is 4.72 Å². The Balaban J connectivity index is 1.65. The molecule has 1 heterocycles. The molecule has 0 fully saturated rings. The maximum atomic E-state index is 12.4. The summed E-state index contributed by atoms with van der Waals surface area (Å²) in [4.78, 5) is 4.50.